The number of hydrogen-bond donors (Lipinski definition) is 1. The number of halogens is 3. The Balaban J connectivity index is 0.000000128. The fraction of sp³-hybridized carbons (Fsp3) is 0.342. The van der Waals surface area contributed by atoms with Gasteiger partial charge in [-0.1, -0.05) is 106 Å². The van der Waals surface area contributed by atoms with Crippen molar-refractivity contribution < 1.29 is 9.90 Å². The molecule has 4 aromatic carbocycles. The topological polar surface area (TPSA) is 37.3 Å². The van der Waals surface area contributed by atoms with E-state index in [1.54, 1.807) is 0 Å². The Morgan fingerprint density at radius 1 is 0.674 bits per heavy atom. The van der Waals surface area contributed by atoms with Crippen molar-refractivity contribution in [1.29, 1.82) is 0 Å². The second kappa shape index (κ2) is 13.3. The Hall–Kier alpha value is -2.43. The van der Waals surface area contributed by atoms with Gasteiger partial charge in [-0.3, -0.25) is 4.79 Å². The summed E-state index contributed by atoms with van der Waals surface area (Å²) in [7, 11) is 0. The lowest BCUT2D eigenvalue weighted by Gasteiger charge is -2.34. The maximum atomic E-state index is 11.3. The molecule has 0 amide bonds. The number of carbonyl (C=O) groups excluding carboxylic acids is 1. The molecular formula is C38H37BrCl2O2. The first kappa shape index (κ1) is 30.6. The van der Waals surface area contributed by atoms with Crippen molar-refractivity contribution in [2.45, 2.75) is 57.0 Å². The van der Waals surface area contributed by atoms with E-state index in [9.17, 15) is 9.90 Å². The molecule has 0 heterocycles. The fourth-order valence-corrected chi connectivity index (χ4v) is 8.47. The van der Waals surface area contributed by atoms with Crippen LogP contribution in [0.25, 0.3) is 22.3 Å². The first-order valence-electron chi connectivity index (χ1n) is 15.4. The lowest BCUT2D eigenvalue weighted by molar-refractivity contribution is -0.121. The van der Waals surface area contributed by atoms with Gasteiger partial charge in [-0.25, -0.2) is 0 Å². The van der Waals surface area contributed by atoms with Crippen LogP contribution in [-0.2, 0) is 10.4 Å². The molecule has 0 aromatic heterocycles. The van der Waals surface area contributed by atoms with E-state index < -0.39 is 5.60 Å². The van der Waals surface area contributed by atoms with E-state index in [0.717, 1.165) is 56.4 Å². The predicted molar refractivity (Wildman–Crippen MR) is 181 cm³/mol. The minimum atomic E-state index is -0.640. The Morgan fingerprint density at radius 3 is 1.74 bits per heavy atom. The average molecular weight is 677 g/mol. The average Bonchev–Trinajstić information content (AvgIpc) is 3.82. The molecule has 4 fully saturated rings. The highest BCUT2D eigenvalue weighted by Crippen LogP contribution is 2.56. The van der Waals surface area contributed by atoms with Crippen molar-refractivity contribution in [3.8, 4) is 22.3 Å². The third kappa shape index (κ3) is 6.81. The van der Waals surface area contributed by atoms with Crippen LogP contribution >= 0.6 is 39.1 Å². The molecule has 0 saturated heterocycles. The Labute approximate surface area is 273 Å². The van der Waals surface area contributed by atoms with Crippen LogP contribution < -0.4 is 0 Å². The quantitative estimate of drug-likeness (QED) is 0.235. The zero-order valence-corrected chi connectivity index (χ0v) is 27.3. The molecule has 4 aliphatic carbocycles. The summed E-state index contributed by atoms with van der Waals surface area (Å²) in [5.74, 6) is 2.97. The zero-order valence-electron chi connectivity index (χ0n) is 24.2. The molecule has 2 nitrogen and oxygen atoms in total. The van der Waals surface area contributed by atoms with Crippen molar-refractivity contribution in [1.82, 2.24) is 0 Å². The molecule has 1 N–H and O–H groups in total. The zero-order chi connectivity index (χ0) is 30.0. The minimum absolute atomic E-state index is 0.427. The van der Waals surface area contributed by atoms with Crippen LogP contribution in [0.3, 0.4) is 0 Å². The van der Waals surface area contributed by atoms with Gasteiger partial charge in [0.05, 0.1) is 5.60 Å². The molecule has 4 aliphatic rings. The summed E-state index contributed by atoms with van der Waals surface area (Å²) < 4.78 is 1.10. The van der Waals surface area contributed by atoms with Crippen molar-refractivity contribution in [2.24, 2.45) is 23.7 Å². The molecule has 4 aromatic rings. The molecule has 222 valence electrons. The van der Waals surface area contributed by atoms with Crippen LogP contribution in [0.1, 0.15) is 56.9 Å². The fourth-order valence-electron chi connectivity index (χ4n) is 7.70. The van der Waals surface area contributed by atoms with Gasteiger partial charge >= 0.3 is 0 Å². The first-order chi connectivity index (χ1) is 20.8. The van der Waals surface area contributed by atoms with Gasteiger partial charge < -0.3 is 5.11 Å². The van der Waals surface area contributed by atoms with Crippen LogP contribution in [0.4, 0.5) is 0 Å². The molecule has 0 spiro atoms. The highest BCUT2D eigenvalue weighted by atomic mass is 79.9. The lowest BCUT2D eigenvalue weighted by atomic mass is 9.76. The summed E-state index contributed by atoms with van der Waals surface area (Å²) in [5, 5.41) is 12.8. The maximum Gasteiger partial charge on any atom is 0.136 e. The smallest absolute Gasteiger partial charge is 0.136 e. The second-order valence-electron chi connectivity index (χ2n) is 12.6. The van der Waals surface area contributed by atoms with Crippen molar-refractivity contribution in [2.75, 3.05) is 0 Å². The van der Waals surface area contributed by atoms with Gasteiger partial charge in [-0.05, 0) is 121 Å². The summed E-state index contributed by atoms with van der Waals surface area (Å²) in [5.41, 5.74) is 5.08. The lowest BCUT2D eigenvalue weighted by Crippen LogP contribution is -2.32. The normalized spacial score (nSPS) is 26.5. The van der Waals surface area contributed by atoms with Gasteiger partial charge in [-0.2, -0.15) is 0 Å². The van der Waals surface area contributed by atoms with Gasteiger partial charge in [0.1, 0.15) is 5.78 Å². The number of benzene rings is 4. The number of aliphatic hydroxyl groups is 1. The van der Waals surface area contributed by atoms with Gasteiger partial charge in [0.25, 0.3) is 0 Å². The number of Topliss-reactive ketones (excluding diaryl/α,β-unsaturated/α-hetero) is 1. The highest BCUT2D eigenvalue weighted by molar-refractivity contribution is 9.10. The van der Waals surface area contributed by atoms with Gasteiger partial charge in [0.2, 0.25) is 0 Å². The second-order valence-corrected chi connectivity index (χ2v) is 14.3. The Kier molecular flexibility index (Phi) is 9.45. The summed E-state index contributed by atoms with van der Waals surface area (Å²) in [6.07, 6.45) is 9.21. The standard InChI is InChI=1S/C19H19ClO.C12H8BrCl.C7H10O/c20-16-9-6-14(7-10-16)17-3-1-2-4-18(17)19(21)12-13-5-8-15(19)11-13;13-12-4-2-1-3-11(12)9-5-7-10(14)8-6-9;8-7-4-5-1-2-6(7)3-5/h1-4,6-7,9-10,13,15,21H,5,8,11-12H2;1-8H;5-6H,1-4H2. The molecule has 43 heavy (non-hydrogen) atoms. The molecule has 5 unspecified atom stereocenters. The summed E-state index contributed by atoms with van der Waals surface area (Å²) >= 11 is 15.3. The summed E-state index contributed by atoms with van der Waals surface area (Å²) in [6, 6.07) is 32.2. The first-order valence-corrected chi connectivity index (χ1v) is 17.0. The number of carbonyl (C=O) groups is 1. The van der Waals surface area contributed by atoms with E-state index in [2.05, 4.69) is 34.1 Å². The predicted octanol–water partition coefficient (Wildman–Crippen LogP) is 11.2. The largest absolute Gasteiger partial charge is 0.385 e. The number of fused-ring (bicyclic) bond motifs is 4. The van der Waals surface area contributed by atoms with E-state index >= 15 is 0 Å². The van der Waals surface area contributed by atoms with Crippen LogP contribution in [0.2, 0.25) is 10.0 Å². The van der Waals surface area contributed by atoms with Crippen molar-refractivity contribution in [3.05, 3.63) is 117 Å². The maximum absolute atomic E-state index is 11.3. The van der Waals surface area contributed by atoms with E-state index in [4.69, 9.17) is 23.2 Å². The number of rotatable bonds is 3. The monoisotopic (exact) mass is 674 g/mol. The third-order valence-electron chi connectivity index (χ3n) is 9.88. The molecule has 8 rings (SSSR count). The van der Waals surface area contributed by atoms with Crippen LogP contribution in [0.15, 0.2) is 102 Å². The van der Waals surface area contributed by atoms with E-state index in [1.807, 2.05) is 78.9 Å². The number of hydrogen-bond acceptors (Lipinski definition) is 2. The molecule has 0 aliphatic heterocycles. The molecular weight excluding hydrogens is 639 g/mol. The van der Waals surface area contributed by atoms with Gasteiger partial charge in [-0.15, -0.1) is 0 Å². The number of ketones is 1. The van der Waals surface area contributed by atoms with Crippen molar-refractivity contribution >= 4 is 44.9 Å². The van der Waals surface area contributed by atoms with E-state index in [-0.39, 0.29) is 0 Å². The Bertz CT molecular complexity index is 1570. The SMILES string of the molecule is Clc1ccc(-c2ccccc2Br)cc1.O=C1CC2CCC1C2.OC1(c2ccccc2-c2ccc(Cl)cc2)CC2CCC1C2. The summed E-state index contributed by atoms with van der Waals surface area (Å²) in [6.45, 7) is 0. The minimum Gasteiger partial charge on any atom is -0.385 e. The molecule has 0 radical (unpaired) electrons. The molecule has 5 atom stereocenters. The molecule has 4 saturated carbocycles. The van der Waals surface area contributed by atoms with Crippen molar-refractivity contribution in [3.63, 3.8) is 0 Å². The highest BCUT2D eigenvalue weighted by Gasteiger charge is 2.51. The van der Waals surface area contributed by atoms with E-state index in [0.29, 0.717) is 23.5 Å². The third-order valence-corrected chi connectivity index (χ3v) is 11.1. The Morgan fingerprint density at radius 2 is 1.26 bits per heavy atom. The van der Waals surface area contributed by atoms with E-state index in [1.165, 1.54) is 43.2 Å². The van der Waals surface area contributed by atoms with Crippen LogP contribution in [-0.4, -0.2) is 10.9 Å². The molecule has 5 heteroatoms. The molecule has 4 bridgehead atoms. The van der Waals surface area contributed by atoms with Gasteiger partial charge in [0, 0.05) is 26.9 Å². The van der Waals surface area contributed by atoms with Gasteiger partial charge in [0.15, 0.2) is 0 Å². The van der Waals surface area contributed by atoms with Crippen LogP contribution in [0, 0.1) is 23.7 Å². The van der Waals surface area contributed by atoms with Crippen LogP contribution in [0.5, 0.6) is 0 Å². The summed E-state index contributed by atoms with van der Waals surface area (Å²) in [4.78, 5) is 10.8.